The zero-order valence-corrected chi connectivity index (χ0v) is 16.5. The van der Waals surface area contributed by atoms with Gasteiger partial charge < -0.3 is 10.1 Å². The highest BCUT2D eigenvalue weighted by Gasteiger charge is 2.19. The quantitative estimate of drug-likeness (QED) is 0.208. The first-order valence-corrected chi connectivity index (χ1v) is 9.60. The van der Waals surface area contributed by atoms with Crippen molar-refractivity contribution in [3.8, 4) is 5.75 Å². The number of carbonyl (C=O) groups excluding carboxylic acids is 2. The third-order valence-electron chi connectivity index (χ3n) is 3.59. The molecule has 158 valence electrons. The minimum atomic E-state index is -4.63. The van der Waals surface area contributed by atoms with Crippen LogP contribution < -0.4 is 10.1 Å². The highest BCUT2D eigenvalue weighted by Crippen LogP contribution is 2.34. The van der Waals surface area contributed by atoms with Gasteiger partial charge in [0.25, 0.3) is 15.8 Å². The molecule has 2 rings (SSSR count). The first-order valence-electron chi connectivity index (χ1n) is 8.16. The molecule has 2 aromatic carbocycles. The standard InChI is InChI=1S/C17H16N4O8S/c1-10(22)7-17(23)18-14-8-11(29-2)3-5-13(14)19-20-15-9-12(30(26,27)28)4-6-16(15)21(24)25/h3-6,8-9H,7H2,1-2H3,(H,18,23)(H,26,27,28). The van der Waals surface area contributed by atoms with Crippen LogP contribution in [0.4, 0.5) is 22.7 Å². The number of azo groups is 1. The summed E-state index contributed by atoms with van der Waals surface area (Å²) >= 11 is 0. The van der Waals surface area contributed by atoms with Crippen molar-refractivity contribution in [1.82, 2.24) is 0 Å². The van der Waals surface area contributed by atoms with Crippen molar-refractivity contribution in [1.29, 1.82) is 0 Å². The lowest BCUT2D eigenvalue weighted by molar-refractivity contribution is -0.384. The molecule has 2 aromatic rings. The van der Waals surface area contributed by atoms with Crippen molar-refractivity contribution < 1.29 is 32.2 Å². The fourth-order valence-electron chi connectivity index (χ4n) is 2.26. The van der Waals surface area contributed by atoms with Gasteiger partial charge in [-0.05, 0) is 31.2 Å². The normalized spacial score (nSPS) is 11.3. The minimum absolute atomic E-state index is 0.0549. The number of hydrogen-bond donors (Lipinski definition) is 2. The lowest BCUT2D eigenvalue weighted by Crippen LogP contribution is -2.14. The Labute approximate surface area is 170 Å². The van der Waals surface area contributed by atoms with Gasteiger partial charge in [0.05, 0.1) is 29.0 Å². The van der Waals surface area contributed by atoms with Gasteiger partial charge in [0.2, 0.25) is 5.91 Å². The average molecular weight is 436 g/mol. The molecular weight excluding hydrogens is 420 g/mol. The minimum Gasteiger partial charge on any atom is -0.497 e. The van der Waals surface area contributed by atoms with E-state index in [-0.39, 0.29) is 23.6 Å². The Kier molecular flexibility index (Phi) is 6.92. The van der Waals surface area contributed by atoms with Crippen LogP contribution in [-0.2, 0) is 19.7 Å². The number of Topliss-reactive ketones (excluding diaryl/α,β-unsaturated/α-hetero) is 1. The Morgan fingerprint density at radius 3 is 2.40 bits per heavy atom. The summed E-state index contributed by atoms with van der Waals surface area (Å²) in [5.74, 6) is -0.630. The van der Waals surface area contributed by atoms with Crippen molar-refractivity contribution in [3.05, 3.63) is 46.5 Å². The molecule has 0 unspecified atom stereocenters. The van der Waals surface area contributed by atoms with Crippen LogP contribution in [0.15, 0.2) is 51.5 Å². The Hall–Kier alpha value is -3.71. The molecule has 30 heavy (non-hydrogen) atoms. The molecule has 0 spiro atoms. The van der Waals surface area contributed by atoms with Crippen LogP contribution in [0.5, 0.6) is 5.75 Å². The van der Waals surface area contributed by atoms with Gasteiger partial charge in [0, 0.05) is 12.1 Å². The van der Waals surface area contributed by atoms with Crippen molar-refractivity contribution in [2.75, 3.05) is 12.4 Å². The number of nitrogens with one attached hydrogen (secondary N) is 1. The Morgan fingerprint density at radius 2 is 1.83 bits per heavy atom. The van der Waals surface area contributed by atoms with Crippen LogP contribution >= 0.6 is 0 Å². The number of methoxy groups -OCH3 is 1. The van der Waals surface area contributed by atoms with E-state index in [2.05, 4.69) is 15.5 Å². The Balaban J connectivity index is 2.49. The molecule has 0 fully saturated rings. The molecule has 0 aromatic heterocycles. The topological polar surface area (TPSA) is 178 Å². The van der Waals surface area contributed by atoms with E-state index in [4.69, 9.17) is 9.29 Å². The second kappa shape index (κ2) is 9.19. The van der Waals surface area contributed by atoms with Gasteiger partial charge >= 0.3 is 0 Å². The molecule has 2 N–H and O–H groups in total. The van der Waals surface area contributed by atoms with E-state index in [0.29, 0.717) is 5.75 Å². The molecule has 12 nitrogen and oxygen atoms in total. The molecule has 0 aliphatic carbocycles. The van der Waals surface area contributed by atoms with Crippen LogP contribution in [-0.4, -0.2) is 36.7 Å². The smallest absolute Gasteiger partial charge is 0.296 e. The van der Waals surface area contributed by atoms with Gasteiger partial charge in [0.15, 0.2) is 5.69 Å². The second-order valence-corrected chi connectivity index (χ2v) is 7.31. The predicted molar refractivity (Wildman–Crippen MR) is 104 cm³/mol. The Morgan fingerprint density at radius 1 is 1.17 bits per heavy atom. The number of anilines is 1. The lowest BCUT2D eigenvalue weighted by atomic mass is 10.2. The van der Waals surface area contributed by atoms with E-state index in [9.17, 15) is 28.1 Å². The summed E-state index contributed by atoms with van der Waals surface area (Å²) in [7, 11) is -3.23. The number of benzene rings is 2. The number of nitro groups is 1. The molecule has 0 aliphatic rings. The van der Waals surface area contributed by atoms with E-state index < -0.39 is 37.2 Å². The van der Waals surface area contributed by atoms with Crippen LogP contribution in [0.3, 0.4) is 0 Å². The van der Waals surface area contributed by atoms with Crippen LogP contribution in [0.1, 0.15) is 13.3 Å². The second-order valence-electron chi connectivity index (χ2n) is 5.89. The van der Waals surface area contributed by atoms with Crippen LogP contribution in [0, 0.1) is 10.1 Å². The predicted octanol–water partition coefficient (Wildman–Crippen LogP) is 3.18. The van der Waals surface area contributed by atoms with E-state index in [0.717, 1.165) is 18.2 Å². The van der Waals surface area contributed by atoms with E-state index in [1.807, 2.05) is 0 Å². The summed E-state index contributed by atoms with van der Waals surface area (Å²) in [5.41, 5.74) is -0.828. The maximum absolute atomic E-state index is 11.9. The van der Waals surface area contributed by atoms with E-state index in [1.54, 1.807) is 0 Å². The highest BCUT2D eigenvalue weighted by atomic mass is 32.2. The molecule has 0 radical (unpaired) electrons. The van der Waals surface area contributed by atoms with Gasteiger partial charge in [-0.2, -0.15) is 8.42 Å². The SMILES string of the molecule is COc1ccc(N=Nc2cc(S(=O)(=O)O)ccc2[N+](=O)[O-])c(NC(=O)CC(C)=O)c1. The first kappa shape index (κ1) is 22.6. The van der Waals surface area contributed by atoms with E-state index >= 15 is 0 Å². The van der Waals surface area contributed by atoms with Crippen LogP contribution in [0.2, 0.25) is 0 Å². The molecule has 0 saturated heterocycles. The molecule has 0 aliphatic heterocycles. The largest absolute Gasteiger partial charge is 0.497 e. The van der Waals surface area contributed by atoms with Crippen molar-refractivity contribution in [2.24, 2.45) is 10.2 Å². The molecule has 13 heteroatoms. The van der Waals surface area contributed by atoms with E-state index in [1.165, 1.54) is 32.2 Å². The summed E-state index contributed by atoms with van der Waals surface area (Å²) < 4.78 is 36.8. The maximum atomic E-state index is 11.9. The van der Waals surface area contributed by atoms with Crippen molar-refractivity contribution >= 4 is 44.6 Å². The number of nitrogens with zero attached hydrogens (tertiary/aromatic N) is 3. The number of carbonyl (C=O) groups is 2. The molecule has 0 atom stereocenters. The summed E-state index contributed by atoms with van der Waals surface area (Å²) in [6.45, 7) is 1.24. The number of ether oxygens (including phenoxy) is 1. The van der Waals surface area contributed by atoms with Crippen molar-refractivity contribution in [3.63, 3.8) is 0 Å². The number of ketones is 1. The zero-order valence-electron chi connectivity index (χ0n) is 15.7. The summed E-state index contributed by atoms with van der Waals surface area (Å²) in [6.07, 6.45) is -0.379. The monoisotopic (exact) mass is 436 g/mol. The number of rotatable bonds is 8. The van der Waals surface area contributed by atoms with Crippen molar-refractivity contribution in [2.45, 2.75) is 18.2 Å². The third kappa shape index (κ3) is 5.89. The Bertz CT molecular complexity index is 1140. The molecule has 0 bridgehead atoms. The third-order valence-corrected chi connectivity index (χ3v) is 4.44. The maximum Gasteiger partial charge on any atom is 0.296 e. The van der Waals surface area contributed by atoms with Gasteiger partial charge in [-0.25, -0.2) is 0 Å². The molecule has 1 amide bonds. The summed E-state index contributed by atoms with van der Waals surface area (Å²) in [5, 5.41) is 21.2. The molecule has 0 saturated carbocycles. The van der Waals surface area contributed by atoms with Crippen LogP contribution in [0.25, 0.3) is 0 Å². The van der Waals surface area contributed by atoms with Gasteiger partial charge in [-0.3, -0.25) is 24.3 Å². The first-order chi connectivity index (χ1) is 14.0. The van der Waals surface area contributed by atoms with Gasteiger partial charge in [-0.15, -0.1) is 10.2 Å². The van der Waals surface area contributed by atoms with Gasteiger partial charge in [0.1, 0.15) is 17.2 Å². The van der Waals surface area contributed by atoms with Gasteiger partial charge in [-0.1, -0.05) is 0 Å². The number of amides is 1. The zero-order chi connectivity index (χ0) is 22.5. The summed E-state index contributed by atoms with van der Waals surface area (Å²) in [6, 6.07) is 6.78. The molecular formula is C17H16N4O8S. The average Bonchev–Trinajstić information content (AvgIpc) is 2.65. The summed E-state index contributed by atoms with van der Waals surface area (Å²) in [4.78, 5) is 32.8. The fraction of sp³-hybridized carbons (Fsp3) is 0.176. The fourth-order valence-corrected chi connectivity index (χ4v) is 2.76. The molecule has 0 heterocycles. The number of nitro benzene ring substituents is 1. The number of hydrogen-bond acceptors (Lipinski definition) is 9. The lowest BCUT2D eigenvalue weighted by Gasteiger charge is -2.09. The highest BCUT2D eigenvalue weighted by molar-refractivity contribution is 7.85.